The van der Waals surface area contributed by atoms with Crippen LogP contribution in [0.1, 0.15) is 23.1 Å². The molecule has 0 aliphatic carbocycles. The average Bonchev–Trinajstić information content (AvgIpc) is 2.98. The van der Waals surface area contributed by atoms with Gasteiger partial charge in [0.1, 0.15) is 6.04 Å². The Kier molecular flexibility index (Phi) is 3.07. The maximum absolute atomic E-state index is 6.98. The van der Waals surface area contributed by atoms with Crippen molar-refractivity contribution in [3.63, 3.8) is 0 Å². The molecule has 0 fully saturated rings. The summed E-state index contributed by atoms with van der Waals surface area (Å²) in [5, 5.41) is 8.57. The fourth-order valence-electron chi connectivity index (χ4n) is 2.44. The molecule has 1 aliphatic heterocycles. The van der Waals surface area contributed by atoms with Crippen LogP contribution in [0.4, 0.5) is 5.69 Å². The summed E-state index contributed by atoms with van der Waals surface area (Å²) < 4.78 is 0. The van der Waals surface area contributed by atoms with Crippen molar-refractivity contribution in [2.75, 3.05) is 6.54 Å². The first kappa shape index (κ1) is 11.6. The van der Waals surface area contributed by atoms with Gasteiger partial charge in [-0.1, -0.05) is 54.6 Å². The molecule has 2 atom stereocenters. The van der Waals surface area contributed by atoms with E-state index in [4.69, 9.17) is 6.57 Å². The third-order valence-electron chi connectivity index (χ3n) is 3.46. The van der Waals surface area contributed by atoms with Crippen LogP contribution in [0.2, 0.25) is 0 Å². The highest BCUT2D eigenvalue weighted by atomic mass is 15.2. The monoisotopic (exact) mass is 247 g/mol. The molecule has 0 N–H and O–H groups in total. The van der Waals surface area contributed by atoms with Crippen molar-refractivity contribution in [2.45, 2.75) is 12.0 Å². The lowest BCUT2D eigenvalue weighted by Crippen LogP contribution is -2.07. The number of rotatable bonds is 2. The molecule has 3 rings (SSSR count). The van der Waals surface area contributed by atoms with E-state index in [0.717, 1.165) is 12.1 Å². The van der Waals surface area contributed by atoms with Crippen molar-refractivity contribution in [3.8, 4) is 0 Å². The highest BCUT2D eigenvalue weighted by Gasteiger charge is 2.28. The fourth-order valence-corrected chi connectivity index (χ4v) is 2.44. The zero-order chi connectivity index (χ0) is 13.1. The molecule has 0 amide bonds. The number of azo groups is 1. The number of hydrogen-bond donors (Lipinski definition) is 0. The minimum atomic E-state index is 0.0715. The second-order valence-electron chi connectivity index (χ2n) is 4.60. The van der Waals surface area contributed by atoms with Gasteiger partial charge in [-0.25, -0.2) is 4.85 Å². The van der Waals surface area contributed by atoms with Crippen molar-refractivity contribution >= 4 is 5.69 Å². The normalized spacial score (nSPS) is 21.2. The van der Waals surface area contributed by atoms with Gasteiger partial charge in [-0.3, -0.25) is 0 Å². The smallest absolute Gasteiger partial charge is 0.187 e. The molecule has 2 unspecified atom stereocenters. The van der Waals surface area contributed by atoms with Gasteiger partial charge in [0, 0.05) is 5.92 Å². The zero-order valence-electron chi connectivity index (χ0n) is 10.4. The van der Waals surface area contributed by atoms with Crippen LogP contribution in [0.3, 0.4) is 0 Å². The maximum atomic E-state index is 6.98. The topological polar surface area (TPSA) is 29.1 Å². The van der Waals surface area contributed by atoms with E-state index < -0.39 is 0 Å². The first-order chi connectivity index (χ1) is 9.38. The summed E-state index contributed by atoms with van der Waals surface area (Å²) in [6, 6.07) is 18.1. The van der Waals surface area contributed by atoms with Crippen LogP contribution >= 0.6 is 0 Å². The number of hydrogen-bond acceptors (Lipinski definition) is 2. The minimum absolute atomic E-state index is 0.0715. The van der Waals surface area contributed by atoms with Gasteiger partial charge in [-0.15, -0.1) is 0 Å². The predicted octanol–water partition coefficient (Wildman–Crippen LogP) is 4.53. The molecule has 0 aromatic heterocycles. The van der Waals surface area contributed by atoms with Gasteiger partial charge in [0.15, 0.2) is 5.69 Å². The Morgan fingerprint density at radius 3 is 2.37 bits per heavy atom. The van der Waals surface area contributed by atoms with E-state index >= 15 is 0 Å². The maximum Gasteiger partial charge on any atom is 0.187 e. The molecule has 0 radical (unpaired) electrons. The summed E-state index contributed by atoms with van der Waals surface area (Å²) in [4.78, 5) is 3.41. The van der Waals surface area contributed by atoms with Gasteiger partial charge in [-0.2, -0.15) is 10.2 Å². The Balaban J connectivity index is 1.91. The predicted molar refractivity (Wildman–Crippen MR) is 74.4 cm³/mol. The Morgan fingerprint density at radius 1 is 0.947 bits per heavy atom. The van der Waals surface area contributed by atoms with Crippen LogP contribution in [0.5, 0.6) is 0 Å². The fraction of sp³-hybridized carbons (Fsp3) is 0.188. The van der Waals surface area contributed by atoms with Gasteiger partial charge < -0.3 is 0 Å². The first-order valence-electron chi connectivity index (χ1n) is 6.27. The lowest BCUT2D eigenvalue weighted by Gasteiger charge is -2.17. The average molecular weight is 247 g/mol. The first-order valence-corrected chi connectivity index (χ1v) is 6.27. The van der Waals surface area contributed by atoms with Crippen LogP contribution in [-0.4, -0.2) is 6.54 Å². The van der Waals surface area contributed by atoms with Crippen LogP contribution in [0.25, 0.3) is 4.85 Å². The molecule has 1 heterocycles. The van der Waals surface area contributed by atoms with Gasteiger partial charge >= 0.3 is 0 Å². The molecular formula is C16H13N3. The molecule has 1 aliphatic rings. The Labute approximate surface area is 112 Å². The van der Waals surface area contributed by atoms with Crippen molar-refractivity contribution in [1.29, 1.82) is 0 Å². The van der Waals surface area contributed by atoms with Gasteiger partial charge in [0.25, 0.3) is 0 Å². The van der Waals surface area contributed by atoms with Gasteiger partial charge in [0.2, 0.25) is 0 Å². The number of benzene rings is 2. The highest BCUT2D eigenvalue weighted by Crippen LogP contribution is 2.39. The summed E-state index contributed by atoms with van der Waals surface area (Å²) in [5.41, 5.74) is 3.06. The molecule has 3 nitrogen and oxygen atoms in total. The second-order valence-corrected chi connectivity index (χ2v) is 4.60. The number of nitrogens with zero attached hydrogens (tertiary/aromatic N) is 3. The van der Waals surface area contributed by atoms with Crippen LogP contribution in [0, 0.1) is 6.57 Å². The standard InChI is InChI=1S/C16H13N3/c1-17-14-9-7-13(8-10-14)16-15(11-18-19-16)12-5-3-2-4-6-12/h2-10,15-16H,11H2. The molecule has 0 saturated heterocycles. The molecule has 2 aromatic rings. The van der Waals surface area contributed by atoms with Crippen molar-refractivity contribution in [3.05, 3.63) is 77.1 Å². The van der Waals surface area contributed by atoms with Gasteiger partial charge in [-0.05, 0) is 11.1 Å². The molecule has 19 heavy (non-hydrogen) atoms. The Hall–Kier alpha value is -2.47. The SMILES string of the molecule is [C-]#[N+]c1ccc(C2N=NCC2c2ccccc2)cc1. The summed E-state index contributed by atoms with van der Waals surface area (Å²) in [6.45, 7) is 7.72. The van der Waals surface area contributed by atoms with E-state index in [2.05, 4.69) is 27.2 Å². The zero-order valence-corrected chi connectivity index (χ0v) is 10.4. The van der Waals surface area contributed by atoms with Crippen molar-refractivity contribution in [2.24, 2.45) is 10.2 Å². The van der Waals surface area contributed by atoms with Crippen LogP contribution < -0.4 is 0 Å². The lowest BCUT2D eigenvalue weighted by atomic mass is 9.88. The highest BCUT2D eigenvalue weighted by molar-refractivity contribution is 5.46. The lowest BCUT2D eigenvalue weighted by molar-refractivity contribution is 0.635. The molecule has 0 spiro atoms. The summed E-state index contributed by atoms with van der Waals surface area (Å²) in [7, 11) is 0. The molecule has 92 valence electrons. The largest absolute Gasteiger partial charge is 0.238 e. The van der Waals surface area contributed by atoms with Crippen molar-refractivity contribution < 1.29 is 0 Å². The van der Waals surface area contributed by atoms with Crippen molar-refractivity contribution in [1.82, 2.24) is 0 Å². The Bertz CT molecular complexity index is 623. The van der Waals surface area contributed by atoms with Gasteiger partial charge in [0.05, 0.1) is 13.1 Å². The van der Waals surface area contributed by atoms with Crippen LogP contribution in [-0.2, 0) is 0 Å². The van der Waals surface area contributed by atoms with E-state index in [0.29, 0.717) is 11.6 Å². The van der Waals surface area contributed by atoms with E-state index in [1.54, 1.807) is 0 Å². The third-order valence-corrected chi connectivity index (χ3v) is 3.46. The molecule has 2 aromatic carbocycles. The van der Waals surface area contributed by atoms with E-state index in [1.165, 1.54) is 5.56 Å². The Morgan fingerprint density at radius 2 is 1.68 bits per heavy atom. The van der Waals surface area contributed by atoms with E-state index in [1.807, 2.05) is 42.5 Å². The van der Waals surface area contributed by atoms with Crippen LogP contribution in [0.15, 0.2) is 64.8 Å². The molecule has 0 bridgehead atoms. The second kappa shape index (κ2) is 5.03. The third kappa shape index (κ3) is 2.25. The quantitative estimate of drug-likeness (QED) is 0.698. The molecular weight excluding hydrogens is 234 g/mol. The van der Waals surface area contributed by atoms with E-state index in [-0.39, 0.29) is 6.04 Å². The summed E-state index contributed by atoms with van der Waals surface area (Å²) in [6.07, 6.45) is 0. The van der Waals surface area contributed by atoms with E-state index in [9.17, 15) is 0 Å². The molecule has 3 heteroatoms. The minimum Gasteiger partial charge on any atom is -0.238 e. The summed E-state index contributed by atoms with van der Waals surface area (Å²) in [5.74, 6) is 0.306. The summed E-state index contributed by atoms with van der Waals surface area (Å²) >= 11 is 0. The molecule has 0 saturated carbocycles.